The SMILES string of the molecule is CC(C)(C)OC(=O)Nc1nc(COC2CCC(=O)CC2)cs1. The second kappa shape index (κ2) is 7.19. The molecule has 0 atom stereocenters. The molecule has 122 valence electrons. The molecule has 1 saturated carbocycles. The number of anilines is 1. The third kappa shape index (κ3) is 5.73. The number of hydrogen-bond donors (Lipinski definition) is 1. The van der Waals surface area contributed by atoms with Crippen molar-refractivity contribution in [3.63, 3.8) is 0 Å². The third-order valence-corrected chi connectivity index (χ3v) is 3.92. The van der Waals surface area contributed by atoms with Crippen LogP contribution in [-0.4, -0.2) is 28.6 Å². The number of nitrogens with one attached hydrogen (secondary N) is 1. The minimum absolute atomic E-state index is 0.127. The summed E-state index contributed by atoms with van der Waals surface area (Å²) >= 11 is 1.33. The molecule has 0 saturated heterocycles. The Hall–Kier alpha value is -1.47. The Morgan fingerprint density at radius 1 is 1.41 bits per heavy atom. The summed E-state index contributed by atoms with van der Waals surface area (Å²) in [5.74, 6) is 0.317. The van der Waals surface area contributed by atoms with E-state index in [-0.39, 0.29) is 6.10 Å². The van der Waals surface area contributed by atoms with Crippen LogP contribution in [0.15, 0.2) is 5.38 Å². The van der Waals surface area contributed by atoms with Crippen LogP contribution in [0.4, 0.5) is 9.93 Å². The number of Topliss-reactive ketones (excluding diaryl/α,β-unsaturated/α-hetero) is 1. The first-order valence-corrected chi connectivity index (χ1v) is 8.27. The van der Waals surface area contributed by atoms with Crippen molar-refractivity contribution in [2.75, 3.05) is 5.32 Å². The maximum absolute atomic E-state index is 11.6. The Balaban J connectivity index is 1.76. The zero-order valence-corrected chi connectivity index (χ0v) is 14.0. The molecule has 1 aromatic heterocycles. The van der Waals surface area contributed by atoms with Crippen LogP contribution in [0.25, 0.3) is 0 Å². The molecule has 6 nitrogen and oxygen atoms in total. The van der Waals surface area contributed by atoms with Gasteiger partial charge in [-0.3, -0.25) is 10.1 Å². The molecule has 0 aliphatic heterocycles. The molecule has 0 aromatic carbocycles. The van der Waals surface area contributed by atoms with E-state index in [1.165, 1.54) is 11.3 Å². The fraction of sp³-hybridized carbons (Fsp3) is 0.667. The maximum atomic E-state index is 11.6. The summed E-state index contributed by atoms with van der Waals surface area (Å²) in [5, 5.41) is 4.95. The fourth-order valence-corrected chi connectivity index (χ4v) is 2.79. The van der Waals surface area contributed by atoms with Crippen LogP contribution in [0, 0.1) is 0 Å². The average molecular weight is 326 g/mol. The number of amides is 1. The number of hydrogen-bond acceptors (Lipinski definition) is 6. The maximum Gasteiger partial charge on any atom is 0.413 e. The van der Waals surface area contributed by atoms with E-state index in [4.69, 9.17) is 9.47 Å². The fourth-order valence-electron chi connectivity index (χ4n) is 2.10. The summed E-state index contributed by atoms with van der Waals surface area (Å²) in [4.78, 5) is 27.1. The topological polar surface area (TPSA) is 77.5 Å². The molecule has 1 aliphatic rings. The Kier molecular flexibility index (Phi) is 5.52. The largest absolute Gasteiger partial charge is 0.444 e. The number of rotatable bonds is 4. The van der Waals surface area contributed by atoms with Crippen LogP contribution in [0.5, 0.6) is 0 Å². The number of carbonyl (C=O) groups is 2. The van der Waals surface area contributed by atoms with Gasteiger partial charge in [0.2, 0.25) is 0 Å². The molecule has 1 heterocycles. The van der Waals surface area contributed by atoms with Crippen LogP contribution in [0.2, 0.25) is 0 Å². The molecule has 1 amide bonds. The van der Waals surface area contributed by atoms with E-state index < -0.39 is 11.7 Å². The second-order valence-electron chi connectivity index (χ2n) is 6.32. The van der Waals surface area contributed by atoms with Crippen LogP contribution < -0.4 is 5.32 Å². The minimum Gasteiger partial charge on any atom is -0.444 e. The van der Waals surface area contributed by atoms with Gasteiger partial charge in [-0.1, -0.05) is 0 Å². The van der Waals surface area contributed by atoms with E-state index in [2.05, 4.69) is 10.3 Å². The van der Waals surface area contributed by atoms with Crippen molar-refractivity contribution in [2.24, 2.45) is 0 Å². The standard InChI is InChI=1S/C15H22N2O4S/c1-15(2,3)21-14(19)17-13-16-10(9-22-13)8-20-12-6-4-11(18)5-7-12/h9,12H,4-8H2,1-3H3,(H,16,17,19). The summed E-state index contributed by atoms with van der Waals surface area (Å²) in [6.07, 6.45) is 2.39. The van der Waals surface area contributed by atoms with Gasteiger partial charge in [-0.05, 0) is 33.6 Å². The van der Waals surface area contributed by atoms with Crippen molar-refractivity contribution in [1.29, 1.82) is 0 Å². The van der Waals surface area contributed by atoms with Gasteiger partial charge in [-0.25, -0.2) is 9.78 Å². The molecule has 7 heteroatoms. The van der Waals surface area contributed by atoms with Crippen molar-refractivity contribution in [1.82, 2.24) is 4.98 Å². The molecule has 0 radical (unpaired) electrons. The zero-order valence-electron chi connectivity index (χ0n) is 13.2. The summed E-state index contributed by atoms with van der Waals surface area (Å²) in [5.41, 5.74) is 0.235. The molecule has 1 N–H and O–H groups in total. The first kappa shape index (κ1) is 16.9. The van der Waals surface area contributed by atoms with Crippen LogP contribution in [0.3, 0.4) is 0 Å². The lowest BCUT2D eigenvalue weighted by Gasteiger charge is -2.20. The van der Waals surface area contributed by atoms with Gasteiger partial charge in [0.1, 0.15) is 11.4 Å². The highest BCUT2D eigenvalue weighted by atomic mass is 32.1. The van der Waals surface area contributed by atoms with Crippen molar-refractivity contribution < 1.29 is 19.1 Å². The molecule has 2 rings (SSSR count). The second-order valence-corrected chi connectivity index (χ2v) is 7.18. The molecule has 1 aromatic rings. The molecular formula is C15H22N2O4S. The third-order valence-electron chi connectivity index (χ3n) is 3.12. The van der Waals surface area contributed by atoms with Gasteiger partial charge in [0, 0.05) is 18.2 Å². The van der Waals surface area contributed by atoms with Crippen molar-refractivity contribution in [3.05, 3.63) is 11.1 Å². The summed E-state index contributed by atoms with van der Waals surface area (Å²) < 4.78 is 10.9. The minimum atomic E-state index is -0.536. The summed E-state index contributed by atoms with van der Waals surface area (Å²) in [7, 11) is 0. The van der Waals surface area contributed by atoms with E-state index in [0.29, 0.717) is 30.4 Å². The van der Waals surface area contributed by atoms with Crippen LogP contribution in [0.1, 0.15) is 52.1 Å². The highest BCUT2D eigenvalue weighted by molar-refractivity contribution is 7.13. The Morgan fingerprint density at radius 3 is 2.73 bits per heavy atom. The number of nitrogens with zero attached hydrogens (tertiary/aromatic N) is 1. The number of carbonyl (C=O) groups excluding carboxylic acids is 2. The smallest absolute Gasteiger partial charge is 0.413 e. The Bertz CT molecular complexity index is 526. The van der Waals surface area contributed by atoms with Gasteiger partial charge < -0.3 is 9.47 Å². The average Bonchev–Trinajstić information content (AvgIpc) is 2.83. The van der Waals surface area contributed by atoms with Crippen molar-refractivity contribution in [3.8, 4) is 0 Å². The van der Waals surface area contributed by atoms with E-state index in [1.807, 2.05) is 26.2 Å². The summed E-state index contributed by atoms with van der Waals surface area (Å²) in [6, 6.07) is 0. The molecule has 0 spiro atoms. The number of aromatic nitrogens is 1. The van der Waals surface area contributed by atoms with E-state index in [0.717, 1.165) is 18.5 Å². The lowest BCUT2D eigenvalue weighted by molar-refractivity contribution is -0.123. The predicted molar refractivity (Wildman–Crippen MR) is 84.0 cm³/mol. The van der Waals surface area contributed by atoms with Gasteiger partial charge in [0.25, 0.3) is 0 Å². The highest BCUT2D eigenvalue weighted by Crippen LogP contribution is 2.21. The first-order chi connectivity index (χ1) is 10.3. The first-order valence-electron chi connectivity index (χ1n) is 7.39. The monoisotopic (exact) mass is 326 g/mol. The number of thiazole rings is 1. The van der Waals surface area contributed by atoms with Gasteiger partial charge in [0.15, 0.2) is 5.13 Å². The van der Waals surface area contributed by atoms with Crippen LogP contribution in [-0.2, 0) is 20.9 Å². The lowest BCUT2D eigenvalue weighted by Crippen LogP contribution is -2.27. The molecule has 0 unspecified atom stereocenters. The number of ether oxygens (including phenoxy) is 2. The van der Waals surface area contributed by atoms with E-state index in [9.17, 15) is 9.59 Å². The van der Waals surface area contributed by atoms with Crippen molar-refractivity contribution in [2.45, 2.75) is 64.8 Å². The zero-order chi connectivity index (χ0) is 16.2. The van der Waals surface area contributed by atoms with Gasteiger partial charge >= 0.3 is 6.09 Å². The normalized spacial score (nSPS) is 16.6. The molecule has 1 aliphatic carbocycles. The molecular weight excluding hydrogens is 304 g/mol. The van der Waals surface area contributed by atoms with Gasteiger partial charge in [-0.15, -0.1) is 11.3 Å². The van der Waals surface area contributed by atoms with Crippen LogP contribution >= 0.6 is 11.3 Å². The Labute approximate surface area is 134 Å². The van der Waals surface area contributed by atoms with E-state index >= 15 is 0 Å². The molecule has 0 bridgehead atoms. The summed E-state index contributed by atoms with van der Waals surface area (Å²) in [6.45, 7) is 5.82. The van der Waals surface area contributed by atoms with E-state index in [1.54, 1.807) is 0 Å². The highest BCUT2D eigenvalue weighted by Gasteiger charge is 2.20. The van der Waals surface area contributed by atoms with Crippen molar-refractivity contribution >= 4 is 28.3 Å². The number of ketones is 1. The lowest BCUT2D eigenvalue weighted by atomic mass is 9.96. The molecule has 1 fully saturated rings. The van der Waals surface area contributed by atoms with Gasteiger partial charge in [0.05, 0.1) is 18.4 Å². The Morgan fingerprint density at radius 2 is 2.09 bits per heavy atom. The predicted octanol–water partition coefficient (Wildman–Crippen LogP) is 3.52. The quantitative estimate of drug-likeness (QED) is 0.916. The van der Waals surface area contributed by atoms with Gasteiger partial charge in [-0.2, -0.15) is 0 Å². The molecule has 22 heavy (non-hydrogen) atoms.